The largest absolute Gasteiger partial charge is 0.324 e. The van der Waals surface area contributed by atoms with Crippen LogP contribution in [0.1, 0.15) is 27.7 Å². The second-order valence-corrected chi connectivity index (χ2v) is 6.88. The molecule has 0 bridgehead atoms. The summed E-state index contributed by atoms with van der Waals surface area (Å²) in [6.45, 7) is 6.95. The van der Waals surface area contributed by atoms with Crippen LogP contribution in [-0.4, -0.2) is 35.8 Å². The van der Waals surface area contributed by atoms with Crippen LogP contribution < -0.4 is 4.90 Å². The fourth-order valence-corrected chi connectivity index (χ4v) is 3.72. The van der Waals surface area contributed by atoms with Gasteiger partial charge in [0.05, 0.1) is 4.88 Å². The molecule has 1 aromatic heterocycles. The summed E-state index contributed by atoms with van der Waals surface area (Å²) in [5, 5.41) is 1.88. The van der Waals surface area contributed by atoms with Crippen LogP contribution in [0.15, 0.2) is 35.7 Å². The average molecular weight is 328 g/mol. The zero-order valence-corrected chi connectivity index (χ0v) is 14.4. The topological polar surface area (TPSA) is 40.6 Å². The van der Waals surface area contributed by atoms with Crippen LogP contribution in [0.3, 0.4) is 0 Å². The van der Waals surface area contributed by atoms with E-state index in [9.17, 15) is 9.59 Å². The van der Waals surface area contributed by atoms with Gasteiger partial charge >= 0.3 is 0 Å². The standard InChI is InChI=1S/C18H20N2O2S/c1-12-6-7-15(13(2)11-12)20-9-8-19(14(3)17(20)21)18(22)16-5-4-10-23-16/h4-7,10-11,14H,8-9H2,1-3H3. The summed E-state index contributed by atoms with van der Waals surface area (Å²) < 4.78 is 0. The number of amides is 2. The van der Waals surface area contributed by atoms with Crippen LogP contribution in [0, 0.1) is 13.8 Å². The van der Waals surface area contributed by atoms with Crippen molar-refractivity contribution in [3.8, 4) is 0 Å². The molecule has 0 saturated carbocycles. The molecule has 0 radical (unpaired) electrons. The minimum Gasteiger partial charge on any atom is -0.324 e. The molecule has 4 nitrogen and oxygen atoms in total. The monoisotopic (exact) mass is 328 g/mol. The van der Waals surface area contributed by atoms with Gasteiger partial charge in [-0.2, -0.15) is 0 Å². The highest BCUT2D eigenvalue weighted by Gasteiger charge is 2.35. The quantitative estimate of drug-likeness (QED) is 0.849. The third-order valence-electron chi connectivity index (χ3n) is 4.29. The van der Waals surface area contributed by atoms with Crippen molar-refractivity contribution >= 4 is 28.8 Å². The fourth-order valence-electron chi connectivity index (χ4n) is 3.04. The molecule has 0 spiro atoms. The molecule has 1 aliphatic rings. The Morgan fingerprint density at radius 1 is 1.22 bits per heavy atom. The summed E-state index contributed by atoms with van der Waals surface area (Å²) in [6.07, 6.45) is 0. The Morgan fingerprint density at radius 2 is 2.00 bits per heavy atom. The van der Waals surface area contributed by atoms with E-state index in [4.69, 9.17) is 0 Å². The molecule has 2 heterocycles. The third kappa shape index (κ3) is 2.88. The summed E-state index contributed by atoms with van der Waals surface area (Å²) in [4.78, 5) is 29.5. The molecular formula is C18H20N2O2S. The number of benzene rings is 1. The van der Waals surface area contributed by atoms with Gasteiger partial charge in [0.25, 0.3) is 5.91 Å². The van der Waals surface area contributed by atoms with Gasteiger partial charge in [-0.05, 0) is 43.8 Å². The molecule has 3 rings (SSSR count). The second-order valence-electron chi connectivity index (χ2n) is 5.93. The lowest BCUT2D eigenvalue weighted by Gasteiger charge is -2.39. The number of anilines is 1. The van der Waals surface area contributed by atoms with Crippen molar-refractivity contribution in [2.24, 2.45) is 0 Å². The van der Waals surface area contributed by atoms with Crippen LogP contribution >= 0.6 is 11.3 Å². The number of piperazine rings is 1. The molecule has 2 aromatic rings. The number of hydrogen-bond donors (Lipinski definition) is 0. The molecule has 1 unspecified atom stereocenters. The number of aryl methyl sites for hydroxylation is 2. The number of hydrogen-bond acceptors (Lipinski definition) is 3. The average Bonchev–Trinajstić information content (AvgIpc) is 3.04. The lowest BCUT2D eigenvalue weighted by atomic mass is 10.1. The number of thiophene rings is 1. The van der Waals surface area contributed by atoms with Crippen molar-refractivity contribution in [3.63, 3.8) is 0 Å². The van der Waals surface area contributed by atoms with E-state index in [-0.39, 0.29) is 11.8 Å². The lowest BCUT2D eigenvalue weighted by Crippen LogP contribution is -2.57. The van der Waals surface area contributed by atoms with E-state index in [1.165, 1.54) is 16.9 Å². The zero-order valence-electron chi connectivity index (χ0n) is 13.6. The highest BCUT2D eigenvalue weighted by Crippen LogP contribution is 2.26. The molecule has 5 heteroatoms. The first-order valence-corrected chi connectivity index (χ1v) is 8.60. The van der Waals surface area contributed by atoms with Crippen molar-refractivity contribution in [1.82, 2.24) is 4.90 Å². The van der Waals surface area contributed by atoms with Gasteiger partial charge in [-0.1, -0.05) is 23.8 Å². The molecular weight excluding hydrogens is 308 g/mol. The molecule has 2 amide bonds. The van der Waals surface area contributed by atoms with E-state index in [1.54, 1.807) is 15.9 Å². The maximum absolute atomic E-state index is 12.8. The summed E-state index contributed by atoms with van der Waals surface area (Å²) in [7, 11) is 0. The number of carbonyl (C=O) groups is 2. The zero-order chi connectivity index (χ0) is 16.6. The number of carbonyl (C=O) groups excluding carboxylic acids is 2. The van der Waals surface area contributed by atoms with Crippen molar-refractivity contribution < 1.29 is 9.59 Å². The van der Waals surface area contributed by atoms with Crippen LogP contribution in [-0.2, 0) is 4.79 Å². The summed E-state index contributed by atoms with van der Waals surface area (Å²) >= 11 is 1.41. The van der Waals surface area contributed by atoms with E-state index >= 15 is 0 Å². The minimum absolute atomic E-state index is 0.0203. The molecule has 23 heavy (non-hydrogen) atoms. The van der Waals surface area contributed by atoms with Crippen molar-refractivity contribution in [1.29, 1.82) is 0 Å². The highest BCUT2D eigenvalue weighted by molar-refractivity contribution is 7.12. The lowest BCUT2D eigenvalue weighted by molar-refractivity contribution is -0.124. The van der Waals surface area contributed by atoms with Gasteiger partial charge in [-0.15, -0.1) is 11.3 Å². The molecule has 120 valence electrons. The van der Waals surface area contributed by atoms with Crippen molar-refractivity contribution in [2.45, 2.75) is 26.8 Å². The highest BCUT2D eigenvalue weighted by atomic mass is 32.1. The predicted octanol–water partition coefficient (Wildman–Crippen LogP) is 3.24. The first-order chi connectivity index (χ1) is 11.0. The van der Waals surface area contributed by atoms with Crippen LogP contribution in [0.25, 0.3) is 0 Å². The van der Waals surface area contributed by atoms with Crippen LogP contribution in [0.4, 0.5) is 5.69 Å². The first kappa shape index (κ1) is 15.7. The van der Waals surface area contributed by atoms with Gasteiger partial charge in [-0.25, -0.2) is 0 Å². The first-order valence-electron chi connectivity index (χ1n) is 7.72. The Bertz CT molecular complexity index is 739. The summed E-state index contributed by atoms with van der Waals surface area (Å²) in [5.74, 6) is -0.0748. The SMILES string of the molecule is Cc1ccc(N2CCN(C(=O)c3cccs3)C(C)C2=O)c(C)c1. The molecule has 1 aromatic carbocycles. The maximum atomic E-state index is 12.8. The molecule has 1 atom stereocenters. The van der Waals surface area contributed by atoms with Crippen molar-refractivity contribution in [2.75, 3.05) is 18.0 Å². The Morgan fingerprint density at radius 3 is 2.65 bits per heavy atom. The van der Waals surface area contributed by atoms with Gasteiger partial charge in [0.1, 0.15) is 6.04 Å². The Balaban J connectivity index is 1.82. The van der Waals surface area contributed by atoms with Gasteiger partial charge < -0.3 is 9.80 Å². The van der Waals surface area contributed by atoms with Crippen LogP contribution in [0.5, 0.6) is 0 Å². The second kappa shape index (κ2) is 6.16. The Kier molecular flexibility index (Phi) is 4.22. The van der Waals surface area contributed by atoms with Crippen molar-refractivity contribution in [3.05, 3.63) is 51.7 Å². The predicted molar refractivity (Wildman–Crippen MR) is 93.1 cm³/mol. The van der Waals surface area contributed by atoms with Gasteiger partial charge in [0, 0.05) is 18.8 Å². The summed E-state index contributed by atoms with van der Waals surface area (Å²) in [6, 6.07) is 9.31. The molecule has 0 aliphatic carbocycles. The summed E-state index contributed by atoms with van der Waals surface area (Å²) in [5.41, 5.74) is 3.21. The maximum Gasteiger partial charge on any atom is 0.264 e. The van der Waals surface area contributed by atoms with E-state index in [0.29, 0.717) is 18.0 Å². The molecule has 0 N–H and O–H groups in total. The third-order valence-corrected chi connectivity index (χ3v) is 5.15. The van der Waals surface area contributed by atoms with Gasteiger partial charge in [0.2, 0.25) is 5.91 Å². The fraction of sp³-hybridized carbons (Fsp3) is 0.333. The molecule has 1 saturated heterocycles. The van der Waals surface area contributed by atoms with E-state index in [0.717, 1.165) is 11.3 Å². The molecule has 1 aliphatic heterocycles. The van der Waals surface area contributed by atoms with E-state index < -0.39 is 6.04 Å². The Labute approximate surface area is 140 Å². The minimum atomic E-state index is -0.445. The number of nitrogens with zero attached hydrogens (tertiary/aromatic N) is 2. The van der Waals surface area contributed by atoms with E-state index in [1.807, 2.05) is 44.4 Å². The van der Waals surface area contributed by atoms with Crippen LogP contribution in [0.2, 0.25) is 0 Å². The smallest absolute Gasteiger partial charge is 0.264 e. The Hall–Kier alpha value is -2.14. The van der Waals surface area contributed by atoms with Gasteiger partial charge in [0.15, 0.2) is 0 Å². The number of rotatable bonds is 2. The van der Waals surface area contributed by atoms with Gasteiger partial charge in [-0.3, -0.25) is 9.59 Å². The molecule has 1 fully saturated rings. The normalized spacial score (nSPS) is 18.4. The van der Waals surface area contributed by atoms with E-state index in [2.05, 4.69) is 6.07 Å².